The summed E-state index contributed by atoms with van der Waals surface area (Å²) in [6.45, 7) is 4.22. The minimum atomic E-state index is -1.21. The van der Waals surface area contributed by atoms with Crippen LogP contribution in [0.4, 0.5) is 0 Å². The first-order chi connectivity index (χ1) is 12.0. The number of rotatable bonds is 10. The lowest BCUT2D eigenvalue weighted by Gasteiger charge is -2.18. The van der Waals surface area contributed by atoms with E-state index < -0.39 is 46.0 Å². The monoisotopic (exact) mass is 378 g/mol. The van der Waals surface area contributed by atoms with Crippen molar-refractivity contribution in [1.29, 1.82) is 0 Å². The summed E-state index contributed by atoms with van der Waals surface area (Å²) < 4.78 is 14.5. The van der Waals surface area contributed by atoms with E-state index in [4.69, 9.17) is 9.15 Å². The maximum atomic E-state index is 12.0. The smallest absolute Gasteiger partial charge is 0.454 e. The summed E-state index contributed by atoms with van der Waals surface area (Å²) in [5.41, 5.74) is -0.825. The Bertz CT molecular complexity index is 700. The van der Waals surface area contributed by atoms with Gasteiger partial charge in [0.1, 0.15) is 18.3 Å². The molecule has 0 aromatic carbocycles. The molecule has 0 unspecified atom stereocenters. The molecule has 0 aliphatic carbocycles. The maximum Gasteiger partial charge on any atom is 0.519 e. The van der Waals surface area contributed by atoms with E-state index in [2.05, 4.69) is 14.1 Å². The van der Waals surface area contributed by atoms with Crippen LogP contribution < -0.4 is 5.82 Å². The lowest BCUT2D eigenvalue weighted by molar-refractivity contribution is -0.790. The first kappa shape index (κ1) is 20.9. The first-order valence-corrected chi connectivity index (χ1v) is 7.42. The summed E-state index contributed by atoms with van der Waals surface area (Å²) in [5, 5.41) is 18.4. The minimum absolute atomic E-state index is 0.0175. The van der Waals surface area contributed by atoms with Crippen LogP contribution in [0.5, 0.6) is 0 Å². The van der Waals surface area contributed by atoms with Crippen LogP contribution in [0.1, 0.15) is 49.9 Å². The number of hydrogen-bond acceptors (Lipinski definition) is 11. The molecule has 26 heavy (non-hydrogen) atoms. The van der Waals surface area contributed by atoms with E-state index in [-0.39, 0.29) is 25.0 Å². The summed E-state index contributed by atoms with van der Waals surface area (Å²) in [6, 6.07) is 0. The summed E-state index contributed by atoms with van der Waals surface area (Å²) in [6.07, 6.45) is -1.15. The zero-order valence-corrected chi connectivity index (χ0v) is 14.3. The molecule has 146 valence electrons. The number of aryl methyl sites for hydroxylation is 1. The van der Waals surface area contributed by atoms with E-state index in [1.165, 1.54) is 0 Å². The van der Waals surface area contributed by atoms with Crippen molar-refractivity contribution in [3.8, 4) is 0 Å². The molecule has 0 spiro atoms. The second kappa shape index (κ2) is 8.82. The third kappa shape index (κ3) is 7.63. The summed E-state index contributed by atoms with van der Waals surface area (Å²) in [7, 11) is 0. The molecule has 0 bridgehead atoms. The van der Waals surface area contributed by atoms with Crippen LogP contribution in [0.15, 0.2) is 13.6 Å². The van der Waals surface area contributed by atoms with E-state index in [1.807, 2.05) is 0 Å². The third-order valence-electron chi connectivity index (χ3n) is 2.76. The molecule has 1 heterocycles. The molecule has 0 saturated heterocycles. The van der Waals surface area contributed by atoms with Gasteiger partial charge in [0.2, 0.25) is 0 Å². The topological polar surface area (TPSA) is 174 Å². The summed E-state index contributed by atoms with van der Waals surface area (Å²) in [4.78, 5) is 52.1. The molecule has 1 rings (SSSR count). The molecule has 0 aliphatic heterocycles. The molecule has 0 N–H and O–H groups in total. The predicted octanol–water partition coefficient (Wildman–Crippen LogP) is 1.30. The number of hydrogen-bond donors (Lipinski definition) is 0. The van der Waals surface area contributed by atoms with E-state index in [1.54, 1.807) is 20.8 Å². The van der Waals surface area contributed by atoms with Crippen LogP contribution in [0, 0.1) is 20.2 Å². The zero-order chi connectivity index (χ0) is 19.9. The fourth-order valence-electron chi connectivity index (χ4n) is 1.87. The Morgan fingerprint density at radius 3 is 2.38 bits per heavy atom. The van der Waals surface area contributed by atoms with Crippen molar-refractivity contribution in [2.45, 2.75) is 51.7 Å². The van der Waals surface area contributed by atoms with Crippen molar-refractivity contribution in [2.75, 3.05) is 6.61 Å². The van der Waals surface area contributed by atoms with Gasteiger partial charge in [0.15, 0.2) is 5.76 Å². The molecule has 13 heteroatoms. The van der Waals surface area contributed by atoms with Crippen LogP contribution >= 0.6 is 0 Å². The third-order valence-corrected chi connectivity index (χ3v) is 2.76. The lowest BCUT2D eigenvalue weighted by Crippen LogP contribution is -2.25. The average Bonchev–Trinajstić information content (AvgIpc) is 2.83. The predicted molar refractivity (Wildman–Crippen MR) is 80.2 cm³/mol. The fraction of sp³-hybridized carbons (Fsp3) is 0.692. The van der Waals surface area contributed by atoms with Crippen molar-refractivity contribution >= 4 is 5.97 Å². The second-order valence-electron chi connectivity index (χ2n) is 6.07. The van der Waals surface area contributed by atoms with Gasteiger partial charge in [-0.15, -0.1) is 20.2 Å². The Morgan fingerprint density at radius 2 is 1.85 bits per heavy atom. The number of carbonyl (C=O) groups is 1. The maximum absolute atomic E-state index is 12.0. The van der Waals surface area contributed by atoms with Crippen molar-refractivity contribution < 1.29 is 38.2 Å². The summed E-state index contributed by atoms with van der Waals surface area (Å²) >= 11 is 0. The Balaban J connectivity index is 2.70. The van der Waals surface area contributed by atoms with Crippen LogP contribution in [0.3, 0.4) is 0 Å². The normalized spacial score (nSPS) is 12.3. The van der Waals surface area contributed by atoms with Gasteiger partial charge in [0, 0.05) is 6.42 Å². The molecule has 0 amide bonds. The highest BCUT2D eigenvalue weighted by Crippen LogP contribution is 2.17. The number of nitrogens with zero attached hydrogens (tertiary/aromatic N) is 2. The van der Waals surface area contributed by atoms with Gasteiger partial charge in [-0.05, 0) is 33.6 Å². The molecule has 0 aliphatic rings. The Morgan fingerprint density at radius 1 is 1.19 bits per heavy atom. The zero-order valence-electron chi connectivity index (χ0n) is 14.3. The standard InChI is InChI=1S/C13H18N2O11/c1-13(2,3)25-11(16)10-9(23-12(17)24-10)6-4-5-8(26-15(20)21)7-22-14(18)19/h8H,4-7H2,1-3H3/t8-/m1/s1. The summed E-state index contributed by atoms with van der Waals surface area (Å²) in [5.74, 6) is -2.50. The highest BCUT2D eigenvalue weighted by Gasteiger charge is 2.26. The molecule has 1 aromatic heterocycles. The van der Waals surface area contributed by atoms with Gasteiger partial charge < -0.3 is 23.2 Å². The molecule has 0 fully saturated rings. The van der Waals surface area contributed by atoms with Crippen LogP contribution in [-0.2, 0) is 20.8 Å². The Labute approximate surface area is 146 Å². The van der Waals surface area contributed by atoms with Crippen LogP contribution in [-0.4, -0.2) is 34.5 Å². The number of ether oxygens (including phenoxy) is 1. The van der Waals surface area contributed by atoms with E-state index in [9.17, 15) is 29.8 Å². The van der Waals surface area contributed by atoms with Gasteiger partial charge in [0.05, 0.1) is 0 Å². The van der Waals surface area contributed by atoms with Gasteiger partial charge in [-0.2, -0.15) is 0 Å². The molecule has 0 radical (unpaired) electrons. The largest absolute Gasteiger partial charge is 0.519 e. The average molecular weight is 378 g/mol. The van der Waals surface area contributed by atoms with E-state index in [0.717, 1.165) is 0 Å². The number of esters is 1. The first-order valence-electron chi connectivity index (χ1n) is 7.42. The molecule has 0 saturated carbocycles. The van der Waals surface area contributed by atoms with Crippen molar-refractivity contribution in [1.82, 2.24) is 0 Å². The quantitative estimate of drug-likeness (QED) is 0.326. The highest BCUT2D eigenvalue weighted by molar-refractivity contribution is 5.87. The van der Waals surface area contributed by atoms with Gasteiger partial charge in [-0.1, -0.05) is 0 Å². The fourth-order valence-corrected chi connectivity index (χ4v) is 1.87. The Kier molecular flexibility index (Phi) is 7.10. The molecule has 1 atom stereocenters. The second-order valence-corrected chi connectivity index (χ2v) is 6.07. The number of carbonyl (C=O) groups excluding carboxylic acids is 1. The van der Waals surface area contributed by atoms with Crippen LogP contribution in [0.2, 0.25) is 0 Å². The molecule has 13 nitrogen and oxygen atoms in total. The van der Waals surface area contributed by atoms with Gasteiger partial charge in [-0.25, -0.2) is 9.59 Å². The van der Waals surface area contributed by atoms with Crippen LogP contribution in [0.25, 0.3) is 0 Å². The van der Waals surface area contributed by atoms with E-state index >= 15 is 0 Å². The van der Waals surface area contributed by atoms with Gasteiger partial charge in [-0.3, -0.25) is 0 Å². The van der Waals surface area contributed by atoms with Gasteiger partial charge >= 0.3 is 11.8 Å². The van der Waals surface area contributed by atoms with Crippen molar-refractivity contribution in [2.24, 2.45) is 0 Å². The molecular weight excluding hydrogens is 360 g/mol. The highest BCUT2D eigenvalue weighted by atomic mass is 17.0. The Hall–Kier alpha value is -3.12. The minimum Gasteiger partial charge on any atom is -0.454 e. The van der Waals surface area contributed by atoms with E-state index in [0.29, 0.717) is 0 Å². The molecular formula is C13H18N2O11. The SMILES string of the molecule is CC(C)(C)OC(=O)c1oc(=O)oc1CCC[C@H](CO[N+](=O)[O-])O[N+](=O)[O-]. The van der Waals surface area contributed by atoms with Gasteiger partial charge in [0.25, 0.3) is 15.9 Å². The molecule has 1 aromatic rings. The van der Waals surface area contributed by atoms with Crippen molar-refractivity contribution in [3.05, 3.63) is 42.4 Å². The van der Waals surface area contributed by atoms with Crippen molar-refractivity contribution in [3.63, 3.8) is 0 Å². The lowest BCUT2D eigenvalue weighted by atomic mass is 10.1.